The van der Waals surface area contributed by atoms with Crippen molar-refractivity contribution in [2.45, 2.75) is 38.0 Å². The van der Waals surface area contributed by atoms with Crippen LogP contribution < -0.4 is 5.73 Å². The van der Waals surface area contributed by atoms with Crippen molar-refractivity contribution in [1.29, 1.82) is 0 Å². The summed E-state index contributed by atoms with van der Waals surface area (Å²) < 4.78 is 2.75. The van der Waals surface area contributed by atoms with Gasteiger partial charge in [-0.15, -0.1) is 0 Å². The van der Waals surface area contributed by atoms with Gasteiger partial charge in [-0.3, -0.25) is 0 Å². The van der Waals surface area contributed by atoms with Gasteiger partial charge in [0.05, 0.1) is 5.69 Å². The molecule has 0 unspecified atom stereocenters. The maximum atomic E-state index is 6.14. The van der Waals surface area contributed by atoms with Gasteiger partial charge in [-0.2, -0.15) is 5.10 Å². The maximum absolute atomic E-state index is 6.14. The van der Waals surface area contributed by atoms with Crippen molar-refractivity contribution in [2.75, 3.05) is 5.73 Å². The van der Waals surface area contributed by atoms with E-state index in [2.05, 4.69) is 21.0 Å². The SMILES string of the molecule is Cn1nc(C2CCCCC2)nc1-c1cccc(Br)c1N. The molecule has 1 aliphatic carbocycles. The van der Waals surface area contributed by atoms with Crippen LogP contribution in [-0.4, -0.2) is 14.8 Å². The van der Waals surface area contributed by atoms with Crippen LogP contribution in [0.4, 0.5) is 5.69 Å². The first kappa shape index (κ1) is 13.6. The van der Waals surface area contributed by atoms with Gasteiger partial charge < -0.3 is 5.73 Å². The number of aromatic nitrogens is 3. The van der Waals surface area contributed by atoms with E-state index in [0.29, 0.717) is 5.92 Å². The van der Waals surface area contributed by atoms with E-state index in [0.717, 1.165) is 27.4 Å². The molecule has 0 spiro atoms. The normalized spacial score (nSPS) is 16.5. The van der Waals surface area contributed by atoms with E-state index >= 15 is 0 Å². The lowest BCUT2D eigenvalue weighted by atomic mass is 9.89. The van der Waals surface area contributed by atoms with E-state index in [1.165, 1.54) is 32.1 Å². The molecule has 1 heterocycles. The van der Waals surface area contributed by atoms with E-state index in [1.807, 2.05) is 29.9 Å². The molecule has 0 atom stereocenters. The van der Waals surface area contributed by atoms with Crippen LogP contribution in [0.2, 0.25) is 0 Å². The van der Waals surface area contributed by atoms with Crippen molar-refractivity contribution in [3.63, 3.8) is 0 Å². The quantitative estimate of drug-likeness (QED) is 0.848. The Morgan fingerprint density at radius 3 is 2.75 bits per heavy atom. The first-order valence-corrected chi connectivity index (χ1v) is 7.91. The molecule has 0 radical (unpaired) electrons. The Labute approximate surface area is 127 Å². The Bertz CT molecular complexity index is 614. The van der Waals surface area contributed by atoms with Gasteiger partial charge in [-0.25, -0.2) is 9.67 Å². The summed E-state index contributed by atoms with van der Waals surface area (Å²) >= 11 is 3.47. The smallest absolute Gasteiger partial charge is 0.160 e. The Morgan fingerprint density at radius 2 is 2.00 bits per heavy atom. The molecule has 2 N–H and O–H groups in total. The minimum absolute atomic E-state index is 0.511. The number of aryl methyl sites for hydroxylation is 1. The number of anilines is 1. The van der Waals surface area contributed by atoms with Crippen molar-refractivity contribution in [3.8, 4) is 11.4 Å². The van der Waals surface area contributed by atoms with Gasteiger partial charge in [-0.05, 0) is 40.9 Å². The summed E-state index contributed by atoms with van der Waals surface area (Å²) in [6.45, 7) is 0. The summed E-state index contributed by atoms with van der Waals surface area (Å²) in [5.74, 6) is 2.34. The lowest BCUT2D eigenvalue weighted by Crippen LogP contribution is -2.06. The molecule has 3 rings (SSSR count). The molecule has 4 nitrogen and oxygen atoms in total. The summed E-state index contributed by atoms with van der Waals surface area (Å²) in [5, 5.41) is 4.62. The fraction of sp³-hybridized carbons (Fsp3) is 0.467. The first-order chi connectivity index (χ1) is 9.66. The molecule has 0 saturated heterocycles. The van der Waals surface area contributed by atoms with Crippen LogP contribution in [0.25, 0.3) is 11.4 Å². The predicted molar refractivity (Wildman–Crippen MR) is 84.4 cm³/mol. The maximum Gasteiger partial charge on any atom is 0.160 e. The number of hydrogen-bond donors (Lipinski definition) is 1. The molecular formula is C15H19BrN4. The summed E-state index contributed by atoms with van der Waals surface area (Å²) in [7, 11) is 1.94. The molecule has 0 amide bonds. The number of halogens is 1. The van der Waals surface area contributed by atoms with Crippen LogP contribution in [0.3, 0.4) is 0 Å². The minimum Gasteiger partial charge on any atom is -0.397 e. The molecule has 1 fully saturated rings. The van der Waals surface area contributed by atoms with Gasteiger partial charge >= 0.3 is 0 Å². The number of benzene rings is 1. The molecule has 1 aromatic heterocycles. The zero-order valence-electron chi connectivity index (χ0n) is 11.6. The average molecular weight is 335 g/mol. The Morgan fingerprint density at radius 1 is 1.25 bits per heavy atom. The monoisotopic (exact) mass is 334 g/mol. The largest absolute Gasteiger partial charge is 0.397 e. The summed E-state index contributed by atoms with van der Waals surface area (Å²) in [4.78, 5) is 4.76. The molecule has 0 bridgehead atoms. The number of nitrogens with zero attached hydrogens (tertiary/aromatic N) is 3. The standard InChI is InChI=1S/C15H19BrN4/c1-20-15(11-8-5-9-12(16)13(11)17)18-14(19-20)10-6-3-2-4-7-10/h5,8-10H,2-4,6-7,17H2,1H3. The third kappa shape index (κ3) is 2.46. The number of nitrogen functional groups attached to an aromatic ring is 1. The number of hydrogen-bond acceptors (Lipinski definition) is 3. The van der Waals surface area contributed by atoms with Gasteiger partial charge in [0, 0.05) is 23.0 Å². The second-order valence-electron chi connectivity index (χ2n) is 5.45. The highest BCUT2D eigenvalue weighted by Gasteiger charge is 2.22. The van der Waals surface area contributed by atoms with Gasteiger partial charge in [-0.1, -0.05) is 25.3 Å². The van der Waals surface area contributed by atoms with E-state index in [4.69, 9.17) is 10.7 Å². The fourth-order valence-corrected chi connectivity index (χ4v) is 3.27. The van der Waals surface area contributed by atoms with E-state index in [9.17, 15) is 0 Å². The second-order valence-corrected chi connectivity index (χ2v) is 6.31. The van der Waals surface area contributed by atoms with Gasteiger partial charge in [0.1, 0.15) is 0 Å². The van der Waals surface area contributed by atoms with Crippen LogP contribution >= 0.6 is 15.9 Å². The van der Waals surface area contributed by atoms with Crippen LogP contribution in [-0.2, 0) is 7.05 Å². The van der Waals surface area contributed by atoms with Crippen LogP contribution in [0, 0.1) is 0 Å². The molecule has 2 aromatic rings. The molecule has 20 heavy (non-hydrogen) atoms. The Balaban J connectivity index is 1.98. The molecule has 1 aliphatic rings. The van der Waals surface area contributed by atoms with Crippen molar-refractivity contribution >= 4 is 21.6 Å². The first-order valence-electron chi connectivity index (χ1n) is 7.12. The summed E-state index contributed by atoms with van der Waals surface area (Å²) in [6.07, 6.45) is 6.33. The average Bonchev–Trinajstić information content (AvgIpc) is 2.85. The zero-order chi connectivity index (χ0) is 14.1. The Hall–Kier alpha value is -1.36. The van der Waals surface area contributed by atoms with E-state index in [-0.39, 0.29) is 0 Å². The van der Waals surface area contributed by atoms with Gasteiger partial charge in [0.15, 0.2) is 11.6 Å². The lowest BCUT2D eigenvalue weighted by Gasteiger charge is -2.18. The van der Waals surface area contributed by atoms with Gasteiger partial charge in [0.2, 0.25) is 0 Å². The Kier molecular flexibility index (Phi) is 3.78. The van der Waals surface area contributed by atoms with Crippen LogP contribution in [0.1, 0.15) is 43.8 Å². The molecule has 106 valence electrons. The van der Waals surface area contributed by atoms with Crippen molar-refractivity contribution < 1.29 is 0 Å². The highest BCUT2D eigenvalue weighted by Crippen LogP contribution is 2.34. The molecule has 0 aliphatic heterocycles. The van der Waals surface area contributed by atoms with Gasteiger partial charge in [0.25, 0.3) is 0 Å². The molecule has 1 aromatic carbocycles. The lowest BCUT2D eigenvalue weighted by molar-refractivity contribution is 0.427. The minimum atomic E-state index is 0.511. The summed E-state index contributed by atoms with van der Waals surface area (Å²) in [5.41, 5.74) is 7.80. The van der Waals surface area contributed by atoms with E-state index in [1.54, 1.807) is 0 Å². The predicted octanol–water partition coefficient (Wildman–Crippen LogP) is 3.87. The van der Waals surface area contributed by atoms with E-state index < -0.39 is 0 Å². The molecule has 5 heteroatoms. The highest BCUT2D eigenvalue weighted by atomic mass is 79.9. The summed E-state index contributed by atoms with van der Waals surface area (Å²) in [6, 6.07) is 5.91. The van der Waals surface area contributed by atoms with Crippen molar-refractivity contribution in [1.82, 2.24) is 14.8 Å². The van der Waals surface area contributed by atoms with Crippen molar-refractivity contribution in [3.05, 3.63) is 28.5 Å². The number of rotatable bonds is 2. The second kappa shape index (κ2) is 5.56. The third-order valence-corrected chi connectivity index (χ3v) is 4.74. The third-order valence-electron chi connectivity index (χ3n) is 4.04. The zero-order valence-corrected chi connectivity index (χ0v) is 13.2. The number of nitrogens with two attached hydrogens (primary N) is 1. The molecular weight excluding hydrogens is 316 g/mol. The van der Waals surface area contributed by atoms with Crippen LogP contribution in [0.5, 0.6) is 0 Å². The van der Waals surface area contributed by atoms with Crippen LogP contribution in [0.15, 0.2) is 22.7 Å². The van der Waals surface area contributed by atoms with Crippen molar-refractivity contribution in [2.24, 2.45) is 7.05 Å². The molecule has 1 saturated carbocycles. The number of para-hydroxylation sites is 1. The highest BCUT2D eigenvalue weighted by molar-refractivity contribution is 9.10. The topological polar surface area (TPSA) is 56.7 Å². The fourth-order valence-electron chi connectivity index (χ4n) is 2.90.